The van der Waals surface area contributed by atoms with Crippen LogP contribution in [0.4, 0.5) is 11.4 Å². The lowest BCUT2D eigenvalue weighted by molar-refractivity contribution is 0.102. The maximum absolute atomic E-state index is 12.6. The number of nitrogen functional groups attached to an aromatic ring is 1. The van der Waals surface area contributed by atoms with Crippen molar-refractivity contribution in [3.05, 3.63) is 46.5 Å². The van der Waals surface area contributed by atoms with Crippen molar-refractivity contribution in [3.8, 4) is 11.5 Å². The first-order valence-corrected chi connectivity index (χ1v) is 8.51. The molecule has 3 N–H and O–H groups in total. The van der Waals surface area contributed by atoms with Crippen LogP contribution in [0.3, 0.4) is 0 Å². The number of anilines is 2. The number of unbranched alkanes of at least 4 members (excludes halogenated alkanes) is 1. The van der Waals surface area contributed by atoms with Crippen molar-refractivity contribution in [3.63, 3.8) is 0 Å². The second kappa shape index (κ2) is 8.62. The third kappa shape index (κ3) is 4.79. The molecule has 1 amide bonds. The minimum Gasteiger partial charge on any atom is -0.493 e. The number of amides is 1. The number of halogens is 1. The van der Waals surface area contributed by atoms with Gasteiger partial charge in [-0.3, -0.25) is 4.79 Å². The van der Waals surface area contributed by atoms with Gasteiger partial charge in [-0.05, 0) is 43.2 Å². The van der Waals surface area contributed by atoms with Crippen molar-refractivity contribution < 1.29 is 14.3 Å². The maximum Gasteiger partial charge on any atom is 0.255 e. The minimum atomic E-state index is -0.297. The summed E-state index contributed by atoms with van der Waals surface area (Å²) >= 11 is 6.29. The molecule has 0 aliphatic carbocycles. The summed E-state index contributed by atoms with van der Waals surface area (Å²) in [6, 6.07) is 8.54. The number of hydrogen-bond donors (Lipinski definition) is 2. The standard InChI is InChI=1S/C19H23ClN2O3/c1-4-5-8-25-18-15(20)9-13(10-17(18)24-3)19(23)22-16-11-14(21)7-6-12(16)2/h6-7,9-11H,4-5,8,21H2,1-3H3,(H,22,23). The number of methoxy groups -OCH3 is 1. The van der Waals surface area contributed by atoms with Crippen LogP contribution in [0, 0.1) is 6.92 Å². The lowest BCUT2D eigenvalue weighted by Gasteiger charge is -2.14. The molecule has 25 heavy (non-hydrogen) atoms. The van der Waals surface area contributed by atoms with Crippen LogP contribution in [-0.2, 0) is 0 Å². The molecule has 2 aromatic rings. The predicted molar refractivity (Wildman–Crippen MR) is 102 cm³/mol. The third-order valence-electron chi connectivity index (χ3n) is 3.75. The van der Waals surface area contributed by atoms with Gasteiger partial charge in [-0.2, -0.15) is 0 Å². The van der Waals surface area contributed by atoms with Crippen molar-refractivity contribution in [2.75, 3.05) is 24.8 Å². The van der Waals surface area contributed by atoms with Crippen molar-refractivity contribution >= 4 is 28.9 Å². The van der Waals surface area contributed by atoms with Crippen LogP contribution in [0.25, 0.3) is 0 Å². The average Bonchev–Trinajstić information content (AvgIpc) is 2.59. The third-order valence-corrected chi connectivity index (χ3v) is 4.03. The zero-order chi connectivity index (χ0) is 18.4. The second-order valence-corrected chi connectivity index (χ2v) is 6.13. The van der Waals surface area contributed by atoms with Gasteiger partial charge in [0, 0.05) is 16.9 Å². The van der Waals surface area contributed by atoms with Crippen LogP contribution in [0.2, 0.25) is 5.02 Å². The van der Waals surface area contributed by atoms with Crippen molar-refractivity contribution in [1.82, 2.24) is 0 Å². The molecule has 0 spiro atoms. The van der Waals surface area contributed by atoms with Gasteiger partial charge in [-0.1, -0.05) is 31.0 Å². The number of rotatable bonds is 7. The highest BCUT2D eigenvalue weighted by atomic mass is 35.5. The van der Waals surface area contributed by atoms with E-state index in [-0.39, 0.29) is 5.91 Å². The fourth-order valence-corrected chi connectivity index (χ4v) is 2.54. The van der Waals surface area contributed by atoms with Gasteiger partial charge in [0.15, 0.2) is 11.5 Å². The Bertz CT molecular complexity index is 763. The molecule has 0 bridgehead atoms. The van der Waals surface area contributed by atoms with E-state index in [4.69, 9.17) is 26.8 Å². The fourth-order valence-electron chi connectivity index (χ4n) is 2.28. The van der Waals surface area contributed by atoms with E-state index in [2.05, 4.69) is 12.2 Å². The summed E-state index contributed by atoms with van der Waals surface area (Å²) in [6.45, 7) is 4.52. The van der Waals surface area contributed by atoms with E-state index in [0.717, 1.165) is 18.4 Å². The molecule has 2 aromatic carbocycles. The Hall–Kier alpha value is -2.40. The number of nitrogens with two attached hydrogens (primary N) is 1. The zero-order valence-electron chi connectivity index (χ0n) is 14.7. The van der Waals surface area contributed by atoms with E-state index in [9.17, 15) is 4.79 Å². The maximum atomic E-state index is 12.6. The number of carbonyl (C=O) groups excluding carboxylic acids is 1. The van der Waals surface area contributed by atoms with Gasteiger partial charge >= 0.3 is 0 Å². The summed E-state index contributed by atoms with van der Waals surface area (Å²) in [5.41, 5.74) is 8.31. The van der Waals surface area contributed by atoms with Gasteiger partial charge in [0.05, 0.1) is 18.7 Å². The zero-order valence-corrected chi connectivity index (χ0v) is 15.4. The molecule has 0 radical (unpaired) electrons. The van der Waals surface area contributed by atoms with Crippen LogP contribution in [0.1, 0.15) is 35.7 Å². The fraction of sp³-hybridized carbons (Fsp3) is 0.316. The van der Waals surface area contributed by atoms with Gasteiger partial charge in [-0.25, -0.2) is 0 Å². The van der Waals surface area contributed by atoms with E-state index in [1.54, 1.807) is 24.3 Å². The van der Waals surface area contributed by atoms with Gasteiger partial charge in [0.1, 0.15) is 0 Å². The number of benzene rings is 2. The smallest absolute Gasteiger partial charge is 0.255 e. The number of aryl methyl sites for hydroxylation is 1. The van der Waals surface area contributed by atoms with E-state index in [0.29, 0.717) is 40.1 Å². The summed E-state index contributed by atoms with van der Waals surface area (Å²) in [5, 5.41) is 3.18. The first-order valence-electron chi connectivity index (χ1n) is 8.14. The van der Waals surface area contributed by atoms with Gasteiger partial charge in [-0.15, -0.1) is 0 Å². The molecular formula is C19H23ClN2O3. The largest absolute Gasteiger partial charge is 0.493 e. The Morgan fingerprint density at radius 2 is 2.04 bits per heavy atom. The van der Waals surface area contributed by atoms with Crippen LogP contribution in [-0.4, -0.2) is 19.6 Å². The monoisotopic (exact) mass is 362 g/mol. The molecule has 134 valence electrons. The summed E-state index contributed by atoms with van der Waals surface area (Å²) < 4.78 is 11.0. The molecule has 0 heterocycles. The Morgan fingerprint density at radius 3 is 2.72 bits per heavy atom. The highest BCUT2D eigenvalue weighted by molar-refractivity contribution is 6.32. The number of hydrogen-bond acceptors (Lipinski definition) is 4. The second-order valence-electron chi connectivity index (χ2n) is 5.72. The van der Waals surface area contributed by atoms with Crippen molar-refractivity contribution in [2.24, 2.45) is 0 Å². The molecule has 5 nitrogen and oxygen atoms in total. The minimum absolute atomic E-state index is 0.297. The summed E-state index contributed by atoms with van der Waals surface area (Å²) in [6.07, 6.45) is 1.93. The van der Waals surface area contributed by atoms with Crippen LogP contribution < -0.4 is 20.5 Å². The Morgan fingerprint density at radius 1 is 1.28 bits per heavy atom. The Kier molecular flexibility index (Phi) is 6.53. The average molecular weight is 363 g/mol. The van der Waals surface area contributed by atoms with Crippen LogP contribution >= 0.6 is 11.6 Å². The van der Waals surface area contributed by atoms with Crippen molar-refractivity contribution in [2.45, 2.75) is 26.7 Å². The molecule has 0 saturated heterocycles. The highest BCUT2D eigenvalue weighted by Crippen LogP contribution is 2.37. The van der Waals surface area contributed by atoms with Crippen LogP contribution in [0.15, 0.2) is 30.3 Å². The van der Waals surface area contributed by atoms with Crippen molar-refractivity contribution in [1.29, 1.82) is 0 Å². The first kappa shape index (κ1) is 18.9. The van der Waals surface area contributed by atoms with E-state index in [1.807, 2.05) is 13.0 Å². The molecule has 0 aliphatic heterocycles. The summed E-state index contributed by atoms with van der Waals surface area (Å²) in [5.74, 6) is 0.585. The van der Waals surface area contributed by atoms with E-state index >= 15 is 0 Å². The van der Waals surface area contributed by atoms with Gasteiger partial charge in [0.2, 0.25) is 0 Å². The first-order chi connectivity index (χ1) is 12.0. The molecule has 0 aliphatic rings. The topological polar surface area (TPSA) is 73.6 Å². The molecular weight excluding hydrogens is 340 g/mol. The predicted octanol–water partition coefficient (Wildman–Crippen LogP) is 4.67. The Labute approximate surface area is 153 Å². The summed E-state index contributed by atoms with van der Waals surface area (Å²) in [7, 11) is 1.52. The molecule has 0 aromatic heterocycles. The van der Waals surface area contributed by atoms with Gasteiger partial charge in [0.25, 0.3) is 5.91 Å². The van der Waals surface area contributed by atoms with E-state index < -0.39 is 0 Å². The number of ether oxygens (including phenoxy) is 2. The van der Waals surface area contributed by atoms with E-state index in [1.165, 1.54) is 7.11 Å². The lowest BCUT2D eigenvalue weighted by atomic mass is 10.1. The SMILES string of the molecule is CCCCOc1c(Cl)cc(C(=O)Nc2cc(N)ccc2C)cc1OC. The molecule has 0 unspecified atom stereocenters. The summed E-state index contributed by atoms with van der Waals surface area (Å²) in [4.78, 5) is 12.6. The normalized spacial score (nSPS) is 10.4. The Balaban J connectivity index is 2.25. The quantitative estimate of drug-likeness (QED) is 0.554. The number of nitrogens with one attached hydrogen (secondary N) is 1. The van der Waals surface area contributed by atoms with Crippen LogP contribution in [0.5, 0.6) is 11.5 Å². The molecule has 0 saturated carbocycles. The molecule has 0 fully saturated rings. The number of carbonyl (C=O) groups is 1. The lowest BCUT2D eigenvalue weighted by Crippen LogP contribution is -2.13. The molecule has 6 heteroatoms. The molecule has 2 rings (SSSR count). The highest BCUT2D eigenvalue weighted by Gasteiger charge is 2.16. The molecule has 0 atom stereocenters. The van der Waals surface area contributed by atoms with Gasteiger partial charge < -0.3 is 20.5 Å².